The number of carbonyl (C=O) groups is 1. The molecule has 21 heavy (non-hydrogen) atoms. The summed E-state index contributed by atoms with van der Waals surface area (Å²) in [5.41, 5.74) is 0. The molecule has 3 atom stereocenters. The molecule has 0 fully saturated rings. The quantitative estimate of drug-likeness (QED) is 0.474. The van der Waals surface area contributed by atoms with Crippen molar-refractivity contribution in [3.63, 3.8) is 0 Å². The van der Waals surface area contributed by atoms with Crippen molar-refractivity contribution in [2.45, 2.75) is 64.4 Å². The summed E-state index contributed by atoms with van der Waals surface area (Å²) >= 11 is 0. The van der Waals surface area contributed by atoms with Crippen LogP contribution >= 0.6 is 0 Å². The minimum Gasteiger partial charge on any atom is -0.465 e. The molecule has 5 nitrogen and oxygen atoms in total. The first-order chi connectivity index (χ1) is 9.42. The molecule has 1 amide bonds. The van der Waals surface area contributed by atoms with Crippen LogP contribution in [0.4, 0.5) is 4.79 Å². The number of hydrogen-bond acceptors (Lipinski definition) is 3. The Hall–Kier alpha value is -0.853. The van der Waals surface area contributed by atoms with Crippen LogP contribution in [0.15, 0.2) is 12.7 Å². The molecule has 0 radical (unpaired) electrons. The maximum atomic E-state index is 10.9. The third-order valence-corrected chi connectivity index (χ3v) is 8.87. The smallest absolute Gasteiger partial charge is 0.404 e. The highest BCUT2D eigenvalue weighted by molar-refractivity contribution is 6.74. The summed E-state index contributed by atoms with van der Waals surface area (Å²) in [4.78, 5) is 10.9. The lowest BCUT2D eigenvalue weighted by Gasteiger charge is -2.37. The van der Waals surface area contributed by atoms with Crippen molar-refractivity contribution in [2.75, 3.05) is 6.61 Å². The van der Waals surface area contributed by atoms with Crippen LogP contribution in [0.25, 0.3) is 0 Å². The highest BCUT2D eigenvalue weighted by Crippen LogP contribution is 2.36. The van der Waals surface area contributed by atoms with Gasteiger partial charge in [0.25, 0.3) is 0 Å². The van der Waals surface area contributed by atoms with Gasteiger partial charge in [-0.15, -0.1) is 6.58 Å². The normalized spacial score (nSPS) is 16.9. The fourth-order valence-corrected chi connectivity index (χ4v) is 2.71. The van der Waals surface area contributed by atoms with Crippen LogP contribution < -0.4 is 5.32 Å². The fourth-order valence-electron chi connectivity index (χ4n) is 1.65. The van der Waals surface area contributed by atoms with Crippen LogP contribution in [0.1, 0.15) is 34.1 Å². The lowest BCUT2D eigenvalue weighted by Crippen LogP contribution is -2.47. The maximum absolute atomic E-state index is 10.9. The first kappa shape index (κ1) is 20.1. The summed E-state index contributed by atoms with van der Waals surface area (Å²) in [6, 6.07) is -0.555. The van der Waals surface area contributed by atoms with Crippen molar-refractivity contribution in [1.82, 2.24) is 5.32 Å². The molecular formula is C15H31NO4Si. The van der Waals surface area contributed by atoms with Crippen molar-refractivity contribution in [3.05, 3.63) is 12.7 Å². The van der Waals surface area contributed by atoms with Gasteiger partial charge in [-0.05, 0) is 24.6 Å². The Morgan fingerprint density at radius 3 is 2.33 bits per heavy atom. The van der Waals surface area contributed by atoms with Crippen molar-refractivity contribution in [3.8, 4) is 0 Å². The number of hydrogen-bond donors (Lipinski definition) is 3. The topological polar surface area (TPSA) is 78.8 Å². The van der Waals surface area contributed by atoms with Gasteiger partial charge in [-0.2, -0.15) is 0 Å². The SMILES string of the molecule is C=CC(C)C(O)C(CCO[Si](C)(C)C(C)(C)C)NC(=O)O. The van der Waals surface area contributed by atoms with E-state index in [9.17, 15) is 9.90 Å². The van der Waals surface area contributed by atoms with E-state index in [2.05, 4.69) is 45.8 Å². The van der Waals surface area contributed by atoms with E-state index in [1.165, 1.54) is 0 Å². The summed E-state index contributed by atoms with van der Waals surface area (Å²) in [5, 5.41) is 21.6. The lowest BCUT2D eigenvalue weighted by atomic mass is 9.96. The van der Waals surface area contributed by atoms with E-state index in [0.29, 0.717) is 13.0 Å². The van der Waals surface area contributed by atoms with Gasteiger partial charge in [0.1, 0.15) is 0 Å². The van der Waals surface area contributed by atoms with Gasteiger partial charge in [0.2, 0.25) is 0 Å². The van der Waals surface area contributed by atoms with E-state index in [1.54, 1.807) is 6.08 Å². The van der Waals surface area contributed by atoms with Crippen molar-refractivity contribution < 1.29 is 19.4 Å². The number of amides is 1. The Morgan fingerprint density at radius 1 is 1.43 bits per heavy atom. The zero-order chi connectivity index (χ0) is 16.8. The van der Waals surface area contributed by atoms with Gasteiger partial charge in [-0.25, -0.2) is 4.79 Å². The van der Waals surface area contributed by atoms with Crippen LogP contribution in [0.5, 0.6) is 0 Å². The average molecular weight is 318 g/mol. The Morgan fingerprint density at radius 2 is 1.95 bits per heavy atom. The average Bonchev–Trinajstić information content (AvgIpc) is 2.33. The van der Waals surface area contributed by atoms with Crippen LogP contribution in [-0.4, -0.2) is 43.4 Å². The predicted molar refractivity (Wildman–Crippen MR) is 88.1 cm³/mol. The highest BCUT2D eigenvalue weighted by Gasteiger charge is 2.37. The third-order valence-electron chi connectivity index (χ3n) is 4.33. The molecule has 0 aliphatic carbocycles. The van der Waals surface area contributed by atoms with Crippen molar-refractivity contribution in [1.29, 1.82) is 0 Å². The van der Waals surface area contributed by atoms with E-state index in [-0.39, 0.29) is 11.0 Å². The number of rotatable bonds is 8. The van der Waals surface area contributed by atoms with Gasteiger partial charge >= 0.3 is 6.09 Å². The van der Waals surface area contributed by atoms with Crippen LogP contribution in [0.3, 0.4) is 0 Å². The number of aliphatic hydroxyl groups is 1. The molecule has 0 spiro atoms. The maximum Gasteiger partial charge on any atom is 0.404 e. The Bertz CT molecular complexity index is 352. The molecule has 0 aromatic rings. The summed E-state index contributed by atoms with van der Waals surface area (Å²) in [5.74, 6) is -0.185. The van der Waals surface area contributed by atoms with Crippen LogP contribution in [0, 0.1) is 5.92 Å². The first-order valence-corrected chi connectivity index (χ1v) is 10.3. The molecule has 6 heteroatoms. The van der Waals surface area contributed by atoms with Crippen molar-refractivity contribution in [2.24, 2.45) is 5.92 Å². The summed E-state index contributed by atoms with van der Waals surface area (Å²) in [6.07, 6.45) is 0.123. The predicted octanol–water partition coefficient (Wildman–Crippen LogP) is 3.22. The minimum atomic E-state index is -1.86. The molecule has 0 rings (SSSR count). The van der Waals surface area contributed by atoms with Gasteiger partial charge in [0.05, 0.1) is 12.1 Å². The number of nitrogens with one attached hydrogen (secondary N) is 1. The van der Waals surface area contributed by atoms with Gasteiger partial charge in [-0.3, -0.25) is 0 Å². The van der Waals surface area contributed by atoms with Crippen LogP contribution in [-0.2, 0) is 4.43 Å². The largest absolute Gasteiger partial charge is 0.465 e. The third kappa shape index (κ3) is 6.63. The number of aliphatic hydroxyl groups excluding tert-OH is 1. The Kier molecular flexibility index (Phi) is 7.64. The van der Waals surface area contributed by atoms with E-state index in [0.717, 1.165) is 0 Å². The molecule has 0 aromatic carbocycles. The molecule has 0 saturated carbocycles. The van der Waals surface area contributed by atoms with Gasteiger partial charge in [0.15, 0.2) is 8.32 Å². The second-order valence-electron chi connectivity index (χ2n) is 7.04. The summed E-state index contributed by atoms with van der Waals surface area (Å²) in [6.45, 7) is 16.6. The van der Waals surface area contributed by atoms with Gasteiger partial charge in [0, 0.05) is 12.5 Å². The highest BCUT2D eigenvalue weighted by atomic mass is 28.4. The molecule has 0 saturated heterocycles. The molecule has 0 aromatic heterocycles. The second kappa shape index (κ2) is 7.96. The van der Waals surface area contributed by atoms with E-state index < -0.39 is 26.6 Å². The first-order valence-electron chi connectivity index (χ1n) is 7.36. The van der Waals surface area contributed by atoms with E-state index >= 15 is 0 Å². The molecule has 0 heterocycles. The molecule has 3 N–H and O–H groups in total. The Labute approximate surface area is 129 Å². The van der Waals surface area contributed by atoms with Gasteiger partial charge in [-0.1, -0.05) is 33.8 Å². The lowest BCUT2D eigenvalue weighted by molar-refractivity contribution is 0.0797. The summed E-state index contributed by atoms with van der Waals surface area (Å²) < 4.78 is 6.04. The molecular weight excluding hydrogens is 286 g/mol. The molecule has 3 unspecified atom stereocenters. The molecule has 0 aliphatic rings. The van der Waals surface area contributed by atoms with Crippen LogP contribution in [0.2, 0.25) is 18.1 Å². The zero-order valence-corrected chi connectivity index (χ0v) is 15.1. The fraction of sp³-hybridized carbons (Fsp3) is 0.800. The van der Waals surface area contributed by atoms with E-state index in [1.807, 2.05) is 6.92 Å². The minimum absolute atomic E-state index is 0.107. The molecule has 0 aliphatic heterocycles. The van der Waals surface area contributed by atoms with Crippen molar-refractivity contribution >= 4 is 14.4 Å². The van der Waals surface area contributed by atoms with E-state index in [4.69, 9.17) is 9.53 Å². The number of carboxylic acid groups (broad SMARTS) is 1. The standard InChI is InChI=1S/C15H31NO4Si/c1-8-11(2)13(17)12(16-14(18)19)9-10-20-21(6,7)15(3,4)5/h8,11-13,16-17H,1,9-10H2,2-7H3,(H,18,19). The summed E-state index contributed by atoms with van der Waals surface area (Å²) in [7, 11) is -1.86. The molecule has 0 bridgehead atoms. The van der Waals surface area contributed by atoms with Gasteiger partial charge < -0.3 is 20.0 Å². The Balaban J connectivity index is 4.64. The second-order valence-corrected chi connectivity index (χ2v) is 11.8. The monoisotopic (exact) mass is 317 g/mol. The molecule has 124 valence electrons. The zero-order valence-electron chi connectivity index (χ0n) is 14.1.